The fourth-order valence-corrected chi connectivity index (χ4v) is 4.89. The van der Waals surface area contributed by atoms with E-state index in [9.17, 15) is 4.79 Å². The minimum absolute atomic E-state index is 0.0338. The van der Waals surface area contributed by atoms with Crippen molar-refractivity contribution in [3.63, 3.8) is 0 Å². The Morgan fingerprint density at radius 3 is 2.74 bits per heavy atom. The Morgan fingerprint density at radius 1 is 1.03 bits per heavy atom. The number of carbonyl (C=O) groups excluding carboxylic acids is 1. The van der Waals surface area contributed by atoms with E-state index >= 15 is 0 Å². The van der Waals surface area contributed by atoms with E-state index < -0.39 is 0 Å². The van der Waals surface area contributed by atoms with Gasteiger partial charge >= 0.3 is 0 Å². The van der Waals surface area contributed by atoms with Crippen molar-refractivity contribution in [1.82, 2.24) is 25.1 Å². The van der Waals surface area contributed by atoms with E-state index in [4.69, 9.17) is 9.40 Å². The molecule has 0 unspecified atom stereocenters. The van der Waals surface area contributed by atoms with Crippen LogP contribution in [0, 0.1) is 6.92 Å². The van der Waals surface area contributed by atoms with Crippen LogP contribution in [0.2, 0.25) is 0 Å². The van der Waals surface area contributed by atoms with Crippen LogP contribution >= 0.6 is 11.8 Å². The number of thioether (sulfide) groups is 1. The molecule has 5 aromatic rings. The summed E-state index contributed by atoms with van der Waals surface area (Å²) in [6.45, 7) is 3.29. The number of rotatable bonds is 10. The topological polar surface area (TPSA) is 85.8 Å². The van der Waals surface area contributed by atoms with Gasteiger partial charge in [-0.1, -0.05) is 54.2 Å². The van der Waals surface area contributed by atoms with Crippen molar-refractivity contribution in [2.24, 2.45) is 0 Å². The Kier molecular flexibility index (Phi) is 7.09. The fourth-order valence-electron chi connectivity index (χ4n) is 4.11. The number of nitrogens with zero attached hydrogens (tertiary/aromatic N) is 4. The number of benzene rings is 2. The second kappa shape index (κ2) is 10.7. The predicted octanol–water partition coefficient (Wildman–Crippen LogP) is 5.51. The van der Waals surface area contributed by atoms with E-state index in [1.807, 2.05) is 24.3 Å². The van der Waals surface area contributed by atoms with Crippen LogP contribution in [-0.4, -0.2) is 31.4 Å². The molecule has 0 aliphatic heterocycles. The molecule has 0 radical (unpaired) electrons. The van der Waals surface area contributed by atoms with Crippen molar-refractivity contribution in [3.8, 4) is 0 Å². The van der Waals surface area contributed by atoms with Crippen molar-refractivity contribution < 1.29 is 9.21 Å². The van der Waals surface area contributed by atoms with Crippen LogP contribution in [0.1, 0.15) is 36.1 Å². The van der Waals surface area contributed by atoms with Gasteiger partial charge in [0, 0.05) is 24.1 Å². The highest BCUT2D eigenvalue weighted by Gasteiger charge is 2.15. The quantitative estimate of drug-likeness (QED) is 0.207. The highest BCUT2D eigenvalue weighted by Crippen LogP contribution is 2.28. The summed E-state index contributed by atoms with van der Waals surface area (Å²) in [5.74, 6) is 1.62. The third-order valence-electron chi connectivity index (χ3n) is 6.01. The highest BCUT2D eigenvalue weighted by molar-refractivity contribution is 7.99. The van der Waals surface area contributed by atoms with E-state index in [-0.39, 0.29) is 5.91 Å². The zero-order chi connectivity index (χ0) is 24.0. The van der Waals surface area contributed by atoms with Gasteiger partial charge in [-0.3, -0.25) is 4.79 Å². The first-order chi connectivity index (χ1) is 17.2. The van der Waals surface area contributed by atoms with E-state index in [1.165, 1.54) is 11.1 Å². The third kappa shape index (κ3) is 5.38. The molecule has 0 spiro atoms. The number of para-hydroxylation sites is 1. The summed E-state index contributed by atoms with van der Waals surface area (Å²) < 4.78 is 7.46. The molecule has 5 rings (SSSR count). The minimum atomic E-state index is 0.0338. The SMILES string of the molecule is Cc1ccccc1Cn1c2ccccc2c2nnc(SCCCCC(=O)NCc3ccco3)nc21. The Balaban J connectivity index is 1.24. The standard InChI is InChI=1S/C27H27N5O2S/c1-19-9-2-3-10-20(19)18-32-23-13-5-4-12-22(23)25-26(32)29-27(31-30-25)35-16-7-6-14-24(33)28-17-21-11-8-15-34-21/h2-5,8-13,15H,6-7,14,16-18H2,1H3,(H,28,33). The first kappa shape index (κ1) is 23.1. The molecule has 0 saturated carbocycles. The van der Waals surface area contributed by atoms with Crippen LogP contribution in [0.15, 0.2) is 76.5 Å². The Bertz CT molecular complexity index is 1450. The molecule has 3 aromatic heterocycles. The number of hydrogen-bond donors (Lipinski definition) is 1. The molecule has 0 aliphatic carbocycles. The lowest BCUT2D eigenvalue weighted by Crippen LogP contribution is -2.22. The lowest BCUT2D eigenvalue weighted by atomic mass is 10.1. The molecule has 8 heteroatoms. The predicted molar refractivity (Wildman–Crippen MR) is 138 cm³/mol. The summed E-state index contributed by atoms with van der Waals surface area (Å²) in [4.78, 5) is 16.9. The van der Waals surface area contributed by atoms with E-state index in [2.05, 4.69) is 63.4 Å². The molecular weight excluding hydrogens is 458 g/mol. The zero-order valence-electron chi connectivity index (χ0n) is 19.6. The first-order valence-corrected chi connectivity index (χ1v) is 12.8. The number of amides is 1. The summed E-state index contributed by atoms with van der Waals surface area (Å²) in [6.07, 6.45) is 3.80. The van der Waals surface area contributed by atoms with Gasteiger partial charge in [-0.15, -0.1) is 10.2 Å². The Morgan fingerprint density at radius 2 is 1.89 bits per heavy atom. The van der Waals surface area contributed by atoms with Crippen molar-refractivity contribution in [2.75, 3.05) is 5.75 Å². The number of aryl methyl sites for hydroxylation is 1. The molecule has 0 bridgehead atoms. The molecule has 3 heterocycles. The molecule has 0 atom stereocenters. The van der Waals surface area contributed by atoms with Gasteiger partial charge in [-0.25, -0.2) is 4.98 Å². The lowest BCUT2D eigenvalue weighted by Gasteiger charge is -2.09. The molecule has 0 fully saturated rings. The van der Waals surface area contributed by atoms with Crippen LogP contribution in [0.3, 0.4) is 0 Å². The normalized spacial score (nSPS) is 11.3. The summed E-state index contributed by atoms with van der Waals surface area (Å²) in [6, 6.07) is 20.3. The van der Waals surface area contributed by atoms with E-state index in [0.29, 0.717) is 18.1 Å². The van der Waals surface area contributed by atoms with Gasteiger partial charge in [0.05, 0.1) is 18.3 Å². The van der Waals surface area contributed by atoms with Crippen molar-refractivity contribution >= 4 is 39.7 Å². The average Bonchev–Trinajstić information content (AvgIpc) is 3.51. The molecule has 178 valence electrons. The van der Waals surface area contributed by atoms with Gasteiger partial charge in [0.15, 0.2) is 5.65 Å². The zero-order valence-corrected chi connectivity index (χ0v) is 20.4. The summed E-state index contributed by atoms with van der Waals surface area (Å²) in [5, 5.41) is 13.5. The van der Waals surface area contributed by atoms with E-state index in [0.717, 1.165) is 53.0 Å². The molecule has 0 saturated heterocycles. The minimum Gasteiger partial charge on any atom is -0.467 e. The second-order valence-electron chi connectivity index (χ2n) is 8.46. The maximum atomic E-state index is 12.0. The van der Waals surface area contributed by atoms with Crippen molar-refractivity contribution in [1.29, 1.82) is 0 Å². The number of nitrogens with one attached hydrogen (secondary N) is 1. The molecule has 1 N–H and O–H groups in total. The molecule has 2 aromatic carbocycles. The summed E-state index contributed by atoms with van der Waals surface area (Å²) in [5.41, 5.74) is 5.29. The number of hydrogen-bond acceptors (Lipinski definition) is 6. The first-order valence-electron chi connectivity index (χ1n) is 11.8. The molecule has 35 heavy (non-hydrogen) atoms. The van der Waals surface area contributed by atoms with Gasteiger partial charge in [-0.2, -0.15) is 0 Å². The van der Waals surface area contributed by atoms with Gasteiger partial charge < -0.3 is 14.3 Å². The number of fused-ring (bicyclic) bond motifs is 3. The highest BCUT2D eigenvalue weighted by atomic mass is 32.2. The molecule has 7 nitrogen and oxygen atoms in total. The van der Waals surface area contributed by atoms with Crippen LogP contribution in [0.4, 0.5) is 0 Å². The van der Waals surface area contributed by atoms with Crippen LogP contribution in [0.5, 0.6) is 0 Å². The van der Waals surface area contributed by atoms with E-state index in [1.54, 1.807) is 18.0 Å². The lowest BCUT2D eigenvalue weighted by molar-refractivity contribution is -0.121. The van der Waals surface area contributed by atoms with Gasteiger partial charge in [0.25, 0.3) is 0 Å². The second-order valence-corrected chi connectivity index (χ2v) is 9.52. The Hall–Kier alpha value is -3.65. The fraction of sp³-hybridized carbons (Fsp3) is 0.259. The van der Waals surface area contributed by atoms with Crippen LogP contribution in [0.25, 0.3) is 22.1 Å². The number of carbonyl (C=O) groups is 1. The maximum absolute atomic E-state index is 12.0. The van der Waals surface area contributed by atoms with Crippen LogP contribution in [-0.2, 0) is 17.9 Å². The summed E-state index contributed by atoms with van der Waals surface area (Å²) in [7, 11) is 0. The molecule has 1 amide bonds. The largest absolute Gasteiger partial charge is 0.467 e. The number of furan rings is 1. The molecule has 0 aliphatic rings. The van der Waals surface area contributed by atoms with Gasteiger partial charge in [0.2, 0.25) is 11.1 Å². The van der Waals surface area contributed by atoms with Crippen molar-refractivity contribution in [3.05, 3.63) is 83.8 Å². The number of aromatic nitrogens is 4. The smallest absolute Gasteiger partial charge is 0.220 e. The van der Waals surface area contributed by atoms with Crippen molar-refractivity contribution in [2.45, 2.75) is 44.4 Å². The molecular formula is C27H27N5O2S. The average molecular weight is 486 g/mol. The maximum Gasteiger partial charge on any atom is 0.220 e. The van der Waals surface area contributed by atoms with Gasteiger partial charge in [0.1, 0.15) is 11.3 Å². The van der Waals surface area contributed by atoms with Gasteiger partial charge in [-0.05, 0) is 49.1 Å². The number of unbranched alkanes of at least 4 members (excludes halogenated alkanes) is 1. The summed E-state index contributed by atoms with van der Waals surface area (Å²) >= 11 is 1.58. The monoisotopic (exact) mass is 485 g/mol. The van der Waals surface area contributed by atoms with Crippen LogP contribution < -0.4 is 5.32 Å². The third-order valence-corrected chi connectivity index (χ3v) is 6.94. The Labute approximate surface area is 208 Å².